The number of thiophene rings is 1. The molecule has 0 saturated carbocycles. The molecule has 4 nitrogen and oxygen atoms in total. The lowest BCUT2D eigenvalue weighted by Crippen LogP contribution is -2.29. The maximum atomic E-state index is 13.0. The Labute approximate surface area is 181 Å². The highest BCUT2D eigenvalue weighted by atomic mass is 35.5. The maximum absolute atomic E-state index is 13.0. The van der Waals surface area contributed by atoms with Gasteiger partial charge >= 0.3 is 0 Å². The molecule has 7 heteroatoms. The van der Waals surface area contributed by atoms with Crippen LogP contribution in [-0.2, 0) is 9.59 Å². The van der Waals surface area contributed by atoms with Gasteiger partial charge < -0.3 is 5.11 Å². The van der Waals surface area contributed by atoms with E-state index in [9.17, 15) is 14.7 Å². The molecule has 0 bridgehead atoms. The van der Waals surface area contributed by atoms with Crippen molar-refractivity contribution in [2.24, 2.45) is 0 Å². The number of nitrogens with zero attached hydrogens (tertiary/aromatic N) is 1. The Kier molecular flexibility index (Phi) is 5.21. The van der Waals surface area contributed by atoms with Gasteiger partial charge in [0, 0.05) is 26.2 Å². The van der Waals surface area contributed by atoms with Gasteiger partial charge in [-0.15, -0.1) is 11.3 Å². The molecule has 1 N–H and O–H groups in total. The molecule has 2 heterocycles. The number of rotatable bonds is 3. The number of ketones is 1. The van der Waals surface area contributed by atoms with Crippen LogP contribution in [-0.4, -0.2) is 16.8 Å². The first-order valence-corrected chi connectivity index (χ1v) is 10.4. The number of hydrogen-bond acceptors (Lipinski definition) is 4. The number of aryl methyl sites for hydroxylation is 1. The van der Waals surface area contributed by atoms with Crippen LogP contribution in [0.3, 0.4) is 0 Å². The number of Topliss-reactive ketones (excluding diaryl/α,β-unsaturated/α-hetero) is 1. The van der Waals surface area contributed by atoms with Crippen LogP contribution < -0.4 is 4.90 Å². The zero-order valence-electron chi connectivity index (χ0n) is 15.2. The largest absolute Gasteiger partial charge is 0.507 e. The molecule has 1 aromatic heterocycles. The Morgan fingerprint density at radius 1 is 1.07 bits per heavy atom. The molecular formula is C22H15Cl2NO3S. The first kappa shape index (κ1) is 19.7. The van der Waals surface area contributed by atoms with Gasteiger partial charge in [0.15, 0.2) is 0 Å². The molecule has 1 amide bonds. The average Bonchev–Trinajstić information content (AvgIpc) is 3.31. The number of aliphatic hydroxyl groups excluding tert-OH is 1. The van der Waals surface area contributed by atoms with E-state index in [1.54, 1.807) is 42.5 Å². The van der Waals surface area contributed by atoms with Crippen LogP contribution in [0.25, 0.3) is 5.76 Å². The molecule has 1 saturated heterocycles. The number of hydrogen-bond donors (Lipinski definition) is 1. The first-order valence-electron chi connectivity index (χ1n) is 8.75. The van der Waals surface area contributed by atoms with Crippen molar-refractivity contribution in [3.8, 4) is 0 Å². The van der Waals surface area contributed by atoms with Crippen molar-refractivity contribution in [2.45, 2.75) is 13.0 Å². The van der Waals surface area contributed by atoms with Crippen LogP contribution >= 0.6 is 34.5 Å². The van der Waals surface area contributed by atoms with Crippen molar-refractivity contribution in [3.63, 3.8) is 0 Å². The van der Waals surface area contributed by atoms with E-state index in [-0.39, 0.29) is 11.3 Å². The number of halogens is 2. The zero-order chi connectivity index (χ0) is 20.7. The lowest BCUT2D eigenvalue weighted by molar-refractivity contribution is -0.132. The van der Waals surface area contributed by atoms with E-state index >= 15 is 0 Å². The van der Waals surface area contributed by atoms with Crippen molar-refractivity contribution >= 4 is 57.7 Å². The van der Waals surface area contributed by atoms with E-state index in [4.69, 9.17) is 23.2 Å². The molecule has 29 heavy (non-hydrogen) atoms. The summed E-state index contributed by atoms with van der Waals surface area (Å²) in [7, 11) is 0. The summed E-state index contributed by atoms with van der Waals surface area (Å²) in [4.78, 5) is 28.1. The second kappa shape index (κ2) is 7.67. The van der Waals surface area contributed by atoms with Crippen LogP contribution in [0, 0.1) is 6.92 Å². The van der Waals surface area contributed by atoms with Crippen molar-refractivity contribution in [1.29, 1.82) is 0 Å². The number of carbonyl (C=O) groups excluding carboxylic acids is 2. The number of aliphatic hydroxyl groups is 1. The lowest BCUT2D eigenvalue weighted by Gasteiger charge is -2.24. The first-order chi connectivity index (χ1) is 13.9. The molecule has 4 rings (SSSR count). The summed E-state index contributed by atoms with van der Waals surface area (Å²) in [6, 6.07) is 14.6. The second-order valence-corrected chi connectivity index (χ2v) is 8.45. The molecule has 1 unspecified atom stereocenters. The fraction of sp³-hybridized carbons (Fsp3) is 0.0909. The highest BCUT2D eigenvalue weighted by Crippen LogP contribution is 2.44. The van der Waals surface area contributed by atoms with Gasteiger partial charge in [-0.2, -0.15) is 0 Å². The fourth-order valence-corrected chi connectivity index (χ4v) is 4.53. The highest BCUT2D eigenvalue weighted by Gasteiger charge is 2.47. The zero-order valence-corrected chi connectivity index (χ0v) is 17.6. The fourth-order valence-electron chi connectivity index (χ4n) is 3.34. The Morgan fingerprint density at radius 3 is 2.52 bits per heavy atom. The molecule has 0 spiro atoms. The summed E-state index contributed by atoms with van der Waals surface area (Å²) >= 11 is 13.7. The summed E-state index contributed by atoms with van der Waals surface area (Å²) in [5, 5.41) is 13.7. The summed E-state index contributed by atoms with van der Waals surface area (Å²) in [5.74, 6) is -1.73. The van der Waals surface area contributed by atoms with Crippen molar-refractivity contribution < 1.29 is 14.7 Å². The van der Waals surface area contributed by atoms with Crippen LogP contribution in [0.5, 0.6) is 0 Å². The molecule has 1 aliphatic rings. The van der Waals surface area contributed by atoms with E-state index in [1.165, 1.54) is 16.2 Å². The molecule has 1 atom stereocenters. The summed E-state index contributed by atoms with van der Waals surface area (Å²) in [6.45, 7) is 1.86. The van der Waals surface area contributed by atoms with Gasteiger partial charge in [0.2, 0.25) is 0 Å². The van der Waals surface area contributed by atoms with E-state index < -0.39 is 17.7 Å². The Morgan fingerprint density at radius 2 is 1.86 bits per heavy atom. The maximum Gasteiger partial charge on any atom is 0.300 e. The van der Waals surface area contributed by atoms with Gasteiger partial charge in [-0.3, -0.25) is 14.5 Å². The van der Waals surface area contributed by atoms with Crippen molar-refractivity contribution in [2.75, 3.05) is 4.90 Å². The Hall–Kier alpha value is -2.60. The molecule has 146 valence electrons. The van der Waals surface area contributed by atoms with Gasteiger partial charge in [-0.1, -0.05) is 47.5 Å². The molecule has 1 aliphatic heterocycles. The van der Waals surface area contributed by atoms with Crippen LogP contribution in [0.4, 0.5) is 5.69 Å². The van der Waals surface area contributed by atoms with Gasteiger partial charge in [0.05, 0.1) is 5.57 Å². The molecule has 1 fully saturated rings. The van der Waals surface area contributed by atoms with E-state index in [1.807, 2.05) is 24.4 Å². The highest BCUT2D eigenvalue weighted by molar-refractivity contribution is 7.10. The van der Waals surface area contributed by atoms with E-state index in [2.05, 4.69) is 0 Å². The van der Waals surface area contributed by atoms with Crippen LogP contribution in [0.1, 0.15) is 22.0 Å². The summed E-state index contributed by atoms with van der Waals surface area (Å²) in [6.07, 6.45) is 0. The number of anilines is 1. The number of carbonyl (C=O) groups is 2. The second-order valence-electron chi connectivity index (χ2n) is 6.63. The van der Waals surface area contributed by atoms with E-state index in [0.29, 0.717) is 21.3 Å². The predicted molar refractivity (Wildman–Crippen MR) is 117 cm³/mol. The third-order valence-electron chi connectivity index (χ3n) is 4.79. The van der Waals surface area contributed by atoms with Crippen LogP contribution in [0.15, 0.2) is 65.6 Å². The topological polar surface area (TPSA) is 57.6 Å². The Bertz CT molecular complexity index is 1150. The van der Waals surface area contributed by atoms with Crippen LogP contribution in [0.2, 0.25) is 10.0 Å². The van der Waals surface area contributed by atoms with Crippen molar-refractivity contribution in [3.05, 3.63) is 91.6 Å². The standard InChI is InChI=1S/C22H15Cl2NO3S/c1-12-7-8-15(11-16(12)24)25-19(17-6-3-9-29-17)18(21(27)22(25)28)20(26)13-4-2-5-14(23)10-13/h2-11,19,26H,1H3/b20-18-. The minimum atomic E-state index is -0.757. The number of benzene rings is 2. The Balaban J connectivity index is 1.94. The smallest absolute Gasteiger partial charge is 0.300 e. The number of amides is 1. The van der Waals surface area contributed by atoms with Gasteiger partial charge in [-0.25, -0.2) is 0 Å². The molecule has 0 aliphatic carbocycles. The third kappa shape index (κ3) is 3.46. The van der Waals surface area contributed by atoms with Gasteiger partial charge in [0.25, 0.3) is 11.7 Å². The molecule has 2 aromatic carbocycles. The average molecular weight is 444 g/mol. The molecular weight excluding hydrogens is 429 g/mol. The van der Waals surface area contributed by atoms with E-state index in [0.717, 1.165) is 10.4 Å². The quantitative estimate of drug-likeness (QED) is 0.307. The van der Waals surface area contributed by atoms with Gasteiger partial charge in [-0.05, 0) is 48.2 Å². The molecule has 0 radical (unpaired) electrons. The lowest BCUT2D eigenvalue weighted by atomic mass is 9.99. The summed E-state index contributed by atoms with van der Waals surface area (Å²) < 4.78 is 0. The minimum absolute atomic E-state index is 0.0245. The monoisotopic (exact) mass is 443 g/mol. The van der Waals surface area contributed by atoms with Crippen molar-refractivity contribution in [1.82, 2.24) is 0 Å². The predicted octanol–water partition coefficient (Wildman–Crippen LogP) is 5.99. The molecule has 3 aromatic rings. The summed E-state index contributed by atoms with van der Waals surface area (Å²) in [5.41, 5.74) is 1.75. The van der Waals surface area contributed by atoms with Gasteiger partial charge in [0.1, 0.15) is 11.8 Å². The minimum Gasteiger partial charge on any atom is -0.507 e. The SMILES string of the molecule is Cc1ccc(N2C(=O)C(=O)/C(=C(\O)c3cccc(Cl)c3)C2c2cccs2)cc1Cl. The normalized spacial score (nSPS) is 18.4. The third-order valence-corrected chi connectivity index (χ3v) is 6.36.